The zero-order valence-electron chi connectivity index (χ0n) is 13.6. The van der Waals surface area contributed by atoms with Crippen LogP contribution in [0.3, 0.4) is 0 Å². The van der Waals surface area contributed by atoms with Crippen LogP contribution in [0.1, 0.15) is 38.4 Å². The molecule has 1 fully saturated rings. The highest BCUT2D eigenvalue weighted by Gasteiger charge is 2.25. The van der Waals surface area contributed by atoms with Crippen LogP contribution in [0, 0.1) is 0 Å². The average molecular weight is 335 g/mol. The molecule has 23 heavy (non-hydrogen) atoms. The summed E-state index contributed by atoms with van der Waals surface area (Å²) in [6.45, 7) is 5.97. The second kappa shape index (κ2) is 7.08. The lowest BCUT2D eigenvalue weighted by molar-refractivity contribution is 0.164. The fourth-order valence-corrected chi connectivity index (χ4v) is 3.26. The first kappa shape index (κ1) is 15.9. The molecule has 1 aliphatic rings. The van der Waals surface area contributed by atoms with Crippen molar-refractivity contribution >= 4 is 16.7 Å². The number of nitrogens with zero attached hydrogens (tertiary/aromatic N) is 5. The first-order valence-corrected chi connectivity index (χ1v) is 8.54. The summed E-state index contributed by atoms with van der Waals surface area (Å²) in [7, 11) is 1.59. The van der Waals surface area contributed by atoms with Crippen LogP contribution in [0.5, 0.6) is 11.8 Å². The maximum absolute atomic E-state index is 5.90. The molecule has 0 aliphatic carbocycles. The smallest absolute Gasteiger partial charge is 0.316 e. The topological polar surface area (TPSA) is 73.3 Å². The third-order valence-corrected chi connectivity index (χ3v) is 4.50. The van der Waals surface area contributed by atoms with Crippen molar-refractivity contribution in [3.63, 3.8) is 0 Å². The van der Waals surface area contributed by atoms with Crippen LogP contribution in [0.4, 0.5) is 5.13 Å². The highest BCUT2D eigenvalue weighted by Crippen LogP contribution is 2.25. The number of hydrogen-bond acceptors (Lipinski definition) is 8. The van der Waals surface area contributed by atoms with Crippen LogP contribution in [0.2, 0.25) is 0 Å². The van der Waals surface area contributed by atoms with Crippen LogP contribution in [-0.2, 0) is 0 Å². The summed E-state index contributed by atoms with van der Waals surface area (Å²) >= 11 is 1.46. The van der Waals surface area contributed by atoms with Gasteiger partial charge in [-0.25, -0.2) is 4.98 Å². The molecule has 0 saturated carbocycles. The Bertz CT molecular complexity index is 631. The molecule has 0 N–H and O–H groups in total. The minimum atomic E-state index is 0.0588. The van der Waals surface area contributed by atoms with Crippen molar-refractivity contribution in [3.8, 4) is 11.8 Å². The van der Waals surface area contributed by atoms with Crippen molar-refractivity contribution < 1.29 is 9.47 Å². The standard InChI is InChI=1S/C15H21N5O2S/c1-10(2)13-18-15(23-19-13)20-6-4-5-11(9-20)22-14-16-7-12(21-3)8-17-14/h7-8,10-11H,4-6,9H2,1-3H3. The van der Waals surface area contributed by atoms with Crippen LogP contribution in [-0.4, -0.2) is 45.6 Å². The van der Waals surface area contributed by atoms with E-state index in [0.29, 0.717) is 17.7 Å². The molecule has 0 amide bonds. The lowest BCUT2D eigenvalue weighted by Gasteiger charge is -2.31. The van der Waals surface area contributed by atoms with Gasteiger partial charge in [0.1, 0.15) is 11.9 Å². The van der Waals surface area contributed by atoms with Gasteiger partial charge in [-0.05, 0) is 12.8 Å². The molecule has 0 radical (unpaired) electrons. The third-order valence-electron chi connectivity index (χ3n) is 3.71. The van der Waals surface area contributed by atoms with Gasteiger partial charge >= 0.3 is 6.01 Å². The molecule has 0 bridgehead atoms. The first-order chi connectivity index (χ1) is 11.2. The summed E-state index contributed by atoms with van der Waals surface area (Å²) in [6.07, 6.45) is 5.33. The van der Waals surface area contributed by atoms with E-state index in [0.717, 1.165) is 36.9 Å². The van der Waals surface area contributed by atoms with Crippen molar-refractivity contribution in [2.75, 3.05) is 25.1 Å². The van der Waals surface area contributed by atoms with Gasteiger partial charge in [-0.2, -0.15) is 14.3 Å². The molecule has 0 aromatic carbocycles. The van der Waals surface area contributed by atoms with Gasteiger partial charge in [0, 0.05) is 24.0 Å². The first-order valence-electron chi connectivity index (χ1n) is 7.77. The number of piperidine rings is 1. The van der Waals surface area contributed by atoms with Crippen LogP contribution >= 0.6 is 11.5 Å². The van der Waals surface area contributed by atoms with E-state index in [2.05, 4.69) is 38.1 Å². The summed E-state index contributed by atoms with van der Waals surface area (Å²) in [6, 6.07) is 0.387. The lowest BCUT2D eigenvalue weighted by Crippen LogP contribution is -2.41. The van der Waals surface area contributed by atoms with Crippen molar-refractivity contribution in [1.82, 2.24) is 19.3 Å². The number of aromatic nitrogens is 4. The zero-order valence-corrected chi connectivity index (χ0v) is 14.4. The van der Waals surface area contributed by atoms with Crippen molar-refractivity contribution in [3.05, 3.63) is 18.2 Å². The normalized spacial score (nSPS) is 18.3. The van der Waals surface area contributed by atoms with Gasteiger partial charge in [0.15, 0.2) is 5.75 Å². The van der Waals surface area contributed by atoms with Gasteiger partial charge in [-0.15, -0.1) is 0 Å². The molecule has 3 heterocycles. The molecule has 3 rings (SSSR count). The molecular weight excluding hydrogens is 314 g/mol. The van der Waals surface area contributed by atoms with Gasteiger partial charge < -0.3 is 14.4 Å². The second-order valence-electron chi connectivity index (χ2n) is 5.82. The Morgan fingerprint density at radius 2 is 2.09 bits per heavy atom. The van der Waals surface area contributed by atoms with Crippen LogP contribution in [0.25, 0.3) is 0 Å². The highest BCUT2D eigenvalue weighted by molar-refractivity contribution is 7.09. The molecule has 1 saturated heterocycles. The Morgan fingerprint density at radius 3 is 2.74 bits per heavy atom. The second-order valence-corrected chi connectivity index (χ2v) is 6.55. The third kappa shape index (κ3) is 3.87. The molecule has 124 valence electrons. The number of rotatable bonds is 5. The number of ether oxygens (including phenoxy) is 2. The Morgan fingerprint density at radius 1 is 1.30 bits per heavy atom. The summed E-state index contributed by atoms with van der Waals surface area (Å²) < 4.78 is 15.4. The predicted octanol–water partition coefficient (Wildman–Crippen LogP) is 2.51. The molecule has 1 atom stereocenters. The number of anilines is 1. The average Bonchev–Trinajstić information content (AvgIpc) is 3.06. The Hall–Kier alpha value is -1.96. The summed E-state index contributed by atoms with van der Waals surface area (Å²) in [4.78, 5) is 15.2. The molecule has 1 unspecified atom stereocenters. The minimum Gasteiger partial charge on any atom is -0.494 e. The Balaban J connectivity index is 1.62. The van der Waals surface area contributed by atoms with Gasteiger partial charge in [-0.3, -0.25) is 0 Å². The molecule has 8 heteroatoms. The summed E-state index contributed by atoms with van der Waals surface area (Å²) in [5.41, 5.74) is 0. The van der Waals surface area contributed by atoms with Crippen molar-refractivity contribution in [2.45, 2.75) is 38.7 Å². The Kier molecular flexibility index (Phi) is 4.90. The minimum absolute atomic E-state index is 0.0588. The summed E-state index contributed by atoms with van der Waals surface area (Å²) in [5.74, 6) is 1.88. The monoisotopic (exact) mass is 335 g/mol. The molecular formula is C15H21N5O2S. The molecule has 1 aliphatic heterocycles. The predicted molar refractivity (Wildman–Crippen MR) is 88.4 cm³/mol. The van der Waals surface area contributed by atoms with E-state index in [1.165, 1.54) is 11.5 Å². The van der Waals surface area contributed by atoms with Gasteiger partial charge in [0.25, 0.3) is 0 Å². The lowest BCUT2D eigenvalue weighted by atomic mass is 10.1. The maximum Gasteiger partial charge on any atom is 0.316 e. The van der Waals surface area contributed by atoms with Gasteiger partial charge in [0.2, 0.25) is 5.13 Å². The van der Waals surface area contributed by atoms with E-state index in [4.69, 9.17) is 9.47 Å². The van der Waals surface area contributed by atoms with E-state index in [-0.39, 0.29) is 6.10 Å². The SMILES string of the molecule is COc1cnc(OC2CCCN(c3nc(C(C)C)ns3)C2)nc1. The highest BCUT2D eigenvalue weighted by atomic mass is 32.1. The van der Waals surface area contributed by atoms with Crippen LogP contribution < -0.4 is 14.4 Å². The quantitative estimate of drug-likeness (QED) is 0.831. The van der Waals surface area contributed by atoms with E-state index in [9.17, 15) is 0 Å². The summed E-state index contributed by atoms with van der Waals surface area (Å²) in [5, 5.41) is 0.970. The van der Waals surface area contributed by atoms with Gasteiger partial charge in [0.05, 0.1) is 26.0 Å². The Labute approximate surface area is 139 Å². The van der Waals surface area contributed by atoms with Crippen LogP contribution in [0.15, 0.2) is 12.4 Å². The van der Waals surface area contributed by atoms with E-state index >= 15 is 0 Å². The van der Waals surface area contributed by atoms with Gasteiger partial charge in [-0.1, -0.05) is 13.8 Å². The fraction of sp³-hybridized carbons (Fsp3) is 0.600. The zero-order chi connectivity index (χ0) is 16.2. The molecule has 0 spiro atoms. The molecule has 2 aromatic heterocycles. The van der Waals surface area contributed by atoms with E-state index in [1.807, 2.05) is 0 Å². The molecule has 7 nitrogen and oxygen atoms in total. The maximum atomic E-state index is 5.90. The number of methoxy groups -OCH3 is 1. The van der Waals surface area contributed by atoms with Crippen molar-refractivity contribution in [2.24, 2.45) is 0 Å². The van der Waals surface area contributed by atoms with Crippen molar-refractivity contribution in [1.29, 1.82) is 0 Å². The fourth-order valence-electron chi connectivity index (χ4n) is 2.42. The number of hydrogen-bond donors (Lipinski definition) is 0. The molecule has 2 aromatic rings. The van der Waals surface area contributed by atoms with E-state index < -0.39 is 0 Å². The largest absolute Gasteiger partial charge is 0.494 e. The van der Waals surface area contributed by atoms with E-state index in [1.54, 1.807) is 19.5 Å².